The van der Waals surface area contributed by atoms with Gasteiger partial charge in [-0.3, -0.25) is 4.79 Å². The van der Waals surface area contributed by atoms with Gasteiger partial charge < -0.3 is 10.4 Å². The number of carbonyl (C=O) groups excluding carboxylic acids is 1. The summed E-state index contributed by atoms with van der Waals surface area (Å²) in [6, 6.07) is 0.00924. The van der Waals surface area contributed by atoms with Crippen LogP contribution in [0.15, 0.2) is 0 Å². The first-order valence-electron chi connectivity index (χ1n) is 4.43. The summed E-state index contributed by atoms with van der Waals surface area (Å²) in [7, 11) is 0. The van der Waals surface area contributed by atoms with Crippen molar-refractivity contribution in [2.45, 2.75) is 26.8 Å². The molecule has 0 fully saturated rings. The summed E-state index contributed by atoms with van der Waals surface area (Å²) in [5.74, 6) is -1.38. The minimum Gasteiger partial charge on any atom is -0.477 e. The van der Waals surface area contributed by atoms with Crippen molar-refractivity contribution in [3.8, 4) is 0 Å². The van der Waals surface area contributed by atoms with E-state index in [0.717, 1.165) is 11.3 Å². The van der Waals surface area contributed by atoms with Gasteiger partial charge in [0.15, 0.2) is 5.01 Å². The molecule has 0 atom stereocenters. The lowest BCUT2D eigenvalue weighted by atomic mass is 10.4. The number of aromatic carboxylic acids is 1. The van der Waals surface area contributed by atoms with Crippen LogP contribution in [0.3, 0.4) is 0 Å². The highest BCUT2D eigenvalue weighted by Gasteiger charge is 2.18. The molecular formula is C9H12N2O3S. The summed E-state index contributed by atoms with van der Waals surface area (Å²) in [4.78, 5) is 26.2. The maximum absolute atomic E-state index is 11.5. The standard InChI is InChI=1S/C9H12N2O3S/c1-4(2)10-7(12)8-11-5(3)6(15-8)9(13)14/h4H,1-3H3,(H,10,12)(H,13,14). The van der Waals surface area contributed by atoms with Crippen LogP contribution >= 0.6 is 11.3 Å². The van der Waals surface area contributed by atoms with E-state index in [9.17, 15) is 9.59 Å². The van der Waals surface area contributed by atoms with Crippen LogP contribution < -0.4 is 5.32 Å². The third-order valence-electron chi connectivity index (χ3n) is 1.60. The second kappa shape index (κ2) is 4.39. The summed E-state index contributed by atoms with van der Waals surface area (Å²) in [5.41, 5.74) is 0.376. The van der Waals surface area contributed by atoms with Gasteiger partial charge in [-0.05, 0) is 20.8 Å². The number of rotatable bonds is 3. The molecule has 0 aliphatic heterocycles. The Morgan fingerprint density at radius 2 is 2.07 bits per heavy atom. The first-order valence-corrected chi connectivity index (χ1v) is 5.25. The van der Waals surface area contributed by atoms with Crippen LogP contribution in [0.5, 0.6) is 0 Å². The predicted molar refractivity (Wildman–Crippen MR) is 56.4 cm³/mol. The van der Waals surface area contributed by atoms with Crippen LogP contribution in [0.2, 0.25) is 0 Å². The van der Waals surface area contributed by atoms with Crippen LogP contribution in [0.4, 0.5) is 0 Å². The molecule has 0 radical (unpaired) electrons. The van der Waals surface area contributed by atoms with Gasteiger partial charge in [-0.15, -0.1) is 11.3 Å². The molecule has 1 rings (SSSR count). The van der Waals surface area contributed by atoms with E-state index in [1.165, 1.54) is 0 Å². The van der Waals surface area contributed by atoms with Gasteiger partial charge in [0.1, 0.15) is 4.88 Å². The van der Waals surface area contributed by atoms with Crippen molar-refractivity contribution in [3.05, 3.63) is 15.6 Å². The zero-order valence-corrected chi connectivity index (χ0v) is 9.51. The van der Waals surface area contributed by atoms with E-state index in [-0.39, 0.29) is 21.8 Å². The van der Waals surface area contributed by atoms with Gasteiger partial charge in [0.25, 0.3) is 5.91 Å². The molecule has 1 heterocycles. The number of aromatic nitrogens is 1. The highest BCUT2D eigenvalue weighted by atomic mass is 32.1. The molecule has 0 aromatic carbocycles. The van der Waals surface area contributed by atoms with Crippen molar-refractivity contribution in [2.75, 3.05) is 0 Å². The Kier molecular flexibility index (Phi) is 3.41. The first-order chi connectivity index (χ1) is 6.91. The van der Waals surface area contributed by atoms with Gasteiger partial charge >= 0.3 is 5.97 Å². The van der Waals surface area contributed by atoms with Crippen LogP contribution in [-0.2, 0) is 0 Å². The Labute approximate surface area is 91.1 Å². The average molecular weight is 228 g/mol. The van der Waals surface area contributed by atoms with Gasteiger partial charge in [-0.2, -0.15) is 0 Å². The number of nitrogens with zero attached hydrogens (tertiary/aromatic N) is 1. The fraction of sp³-hybridized carbons (Fsp3) is 0.444. The predicted octanol–water partition coefficient (Wildman–Crippen LogP) is 1.29. The summed E-state index contributed by atoms with van der Waals surface area (Å²) in [5, 5.41) is 11.6. The Balaban J connectivity index is 2.92. The van der Waals surface area contributed by atoms with Crippen molar-refractivity contribution < 1.29 is 14.7 Å². The number of carbonyl (C=O) groups is 2. The second-order valence-corrected chi connectivity index (χ2v) is 4.37. The van der Waals surface area contributed by atoms with E-state index in [1.54, 1.807) is 6.92 Å². The van der Waals surface area contributed by atoms with E-state index >= 15 is 0 Å². The van der Waals surface area contributed by atoms with Crippen molar-refractivity contribution in [3.63, 3.8) is 0 Å². The molecule has 1 amide bonds. The Morgan fingerprint density at radius 3 is 2.47 bits per heavy atom. The minimum absolute atomic E-state index is 0.00924. The molecule has 15 heavy (non-hydrogen) atoms. The molecule has 5 nitrogen and oxygen atoms in total. The van der Waals surface area contributed by atoms with Crippen molar-refractivity contribution in [2.24, 2.45) is 0 Å². The van der Waals surface area contributed by atoms with Crippen molar-refractivity contribution in [1.82, 2.24) is 10.3 Å². The number of amides is 1. The van der Waals surface area contributed by atoms with Gasteiger partial charge in [0.2, 0.25) is 0 Å². The maximum atomic E-state index is 11.5. The fourth-order valence-corrected chi connectivity index (χ4v) is 1.82. The third-order valence-corrected chi connectivity index (χ3v) is 2.75. The largest absolute Gasteiger partial charge is 0.477 e. The van der Waals surface area contributed by atoms with Gasteiger partial charge in [0.05, 0.1) is 5.69 Å². The monoisotopic (exact) mass is 228 g/mol. The average Bonchev–Trinajstić information content (AvgIpc) is 2.46. The molecule has 82 valence electrons. The molecule has 0 spiro atoms. The zero-order valence-electron chi connectivity index (χ0n) is 8.70. The molecule has 0 aliphatic rings. The molecule has 0 bridgehead atoms. The van der Waals surface area contributed by atoms with Gasteiger partial charge in [-0.25, -0.2) is 9.78 Å². The smallest absolute Gasteiger partial charge is 0.347 e. The number of nitrogens with one attached hydrogen (secondary N) is 1. The maximum Gasteiger partial charge on any atom is 0.347 e. The number of carboxylic acid groups (broad SMARTS) is 1. The topological polar surface area (TPSA) is 79.3 Å². The SMILES string of the molecule is Cc1nc(C(=O)NC(C)C)sc1C(=O)O. The molecule has 6 heteroatoms. The highest BCUT2D eigenvalue weighted by molar-refractivity contribution is 7.15. The third kappa shape index (κ3) is 2.76. The van der Waals surface area contributed by atoms with Crippen molar-refractivity contribution in [1.29, 1.82) is 0 Å². The lowest BCUT2D eigenvalue weighted by molar-refractivity contribution is 0.0701. The van der Waals surface area contributed by atoms with Crippen LogP contribution in [0.1, 0.15) is 39.0 Å². The van der Waals surface area contributed by atoms with E-state index < -0.39 is 5.97 Å². The summed E-state index contributed by atoms with van der Waals surface area (Å²) >= 11 is 0.895. The second-order valence-electron chi connectivity index (χ2n) is 3.37. The van der Waals surface area contributed by atoms with E-state index in [0.29, 0.717) is 5.69 Å². The molecular weight excluding hydrogens is 216 g/mol. The summed E-state index contributed by atoms with van der Waals surface area (Å²) < 4.78 is 0. The number of carboxylic acids is 1. The number of hydrogen-bond donors (Lipinski definition) is 2. The molecule has 1 aromatic rings. The number of thiazole rings is 1. The molecule has 0 unspecified atom stereocenters. The normalized spacial score (nSPS) is 10.4. The molecule has 0 saturated heterocycles. The zero-order chi connectivity index (χ0) is 11.6. The van der Waals surface area contributed by atoms with E-state index in [1.807, 2.05) is 13.8 Å². The number of hydrogen-bond acceptors (Lipinski definition) is 4. The molecule has 1 aromatic heterocycles. The molecule has 0 aliphatic carbocycles. The first kappa shape index (κ1) is 11.6. The Morgan fingerprint density at radius 1 is 1.47 bits per heavy atom. The quantitative estimate of drug-likeness (QED) is 0.817. The lowest BCUT2D eigenvalue weighted by Crippen LogP contribution is -2.29. The summed E-state index contributed by atoms with van der Waals surface area (Å²) in [6.07, 6.45) is 0. The van der Waals surface area contributed by atoms with E-state index in [2.05, 4.69) is 10.3 Å². The summed E-state index contributed by atoms with van der Waals surface area (Å²) in [6.45, 7) is 5.24. The van der Waals surface area contributed by atoms with Crippen LogP contribution in [0, 0.1) is 6.92 Å². The highest BCUT2D eigenvalue weighted by Crippen LogP contribution is 2.17. The molecule has 0 saturated carbocycles. The number of aryl methyl sites for hydroxylation is 1. The lowest BCUT2D eigenvalue weighted by Gasteiger charge is -2.04. The van der Waals surface area contributed by atoms with Crippen LogP contribution in [0.25, 0.3) is 0 Å². The van der Waals surface area contributed by atoms with E-state index in [4.69, 9.17) is 5.11 Å². The Bertz CT molecular complexity index is 398. The van der Waals surface area contributed by atoms with Crippen molar-refractivity contribution >= 4 is 23.2 Å². The minimum atomic E-state index is -1.05. The van der Waals surface area contributed by atoms with Crippen LogP contribution in [-0.4, -0.2) is 28.0 Å². The fourth-order valence-electron chi connectivity index (χ4n) is 1.02. The molecule has 2 N–H and O–H groups in total. The Hall–Kier alpha value is -1.43. The van der Waals surface area contributed by atoms with Gasteiger partial charge in [-0.1, -0.05) is 0 Å². The van der Waals surface area contributed by atoms with Gasteiger partial charge in [0, 0.05) is 6.04 Å².